The van der Waals surface area contributed by atoms with E-state index in [4.69, 9.17) is 4.98 Å². The average Bonchev–Trinajstić information content (AvgIpc) is 2.58. The van der Waals surface area contributed by atoms with E-state index in [1.54, 1.807) is 4.57 Å². The summed E-state index contributed by atoms with van der Waals surface area (Å²) < 4.78 is 1.77. The molecule has 0 aliphatic rings. The van der Waals surface area contributed by atoms with Gasteiger partial charge in [-0.25, -0.2) is 4.98 Å². The largest absolute Gasteiger partial charge is 0.315 e. The molecule has 3 aromatic rings. The van der Waals surface area contributed by atoms with Crippen molar-refractivity contribution in [3.63, 3.8) is 0 Å². The Morgan fingerprint density at radius 3 is 2.52 bits per heavy atom. The molecule has 2 aromatic carbocycles. The van der Waals surface area contributed by atoms with E-state index < -0.39 is 0 Å². The second-order valence-corrected chi connectivity index (χ2v) is 5.92. The first-order chi connectivity index (χ1) is 11.1. The van der Waals surface area contributed by atoms with Crippen molar-refractivity contribution in [2.45, 2.75) is 26.4 Å². The highest BCUT2D eigenvalue weighted by Gasteiger charge is 2.14. The van der Waals surface area contributed by atoms with Gasteiger partial charge in [0.1, 0.15) is 5.82 Å². The fourth-order valence-electron chi connectivity index (χ4n) is 2.63. The zero-order valence-electron chi connectivity index (χ0n) is 13.7. The molecule has 1 heterocycles. The van der Waals surface area contributed by atoms with E-state index in [0.717, 1.165) is 16.9 Å². The van der Waals surface area contributed by atoms with E-state index >= 15 is 0 Å². The maximum atomic E-state index is 12.9. The lowest BCUT2D eigenvalue weighted by Gasteiger charge is -2.17. The smallest absolute Gasteiger partial charge is 0.261 e. The van der Waals surface area contributed by atoms with Crippen LogP contribution < -0.4 is 10.9 Å². The van der Waals surface area contributed by atoms with Gasteiger partial charge in [-0.2, -0.15) is 0 Å². The van der Waals surface area contributed by atoms with Crippen LogP contribution in [-0.2, 0) is 6.54 Å². The summed E-state index contributed by atoms with van der Waals surface area (Å²) in [5, 5.41) is 3.85. The van der Waals surface area contributed by atoms with Gasteiger partial charge in [0.2, 0.25) is 0 Å². The molecule has 1 unspecified atom stereocenters. The third kappa shape index (κ3) is 3.03. The lowest BCUT2D eigenvalue weighted by atomic mass is 10.1. The molecule has 0 bridgehead atoms. The highest BCUT2D eigenvalue weighted by molar-refractivity contribution is 5.79. The Morgan fingerprint density at radius 2 is 1.83 bits per heavy atom. The summed E-state index contributed by atoms with van der Waals surface area (Å²) in [4.78, 5) is 17.7. The minimum absolute atomic E-state index is 0.00766. The van der Waals surface area contributed by atoms with Crippen LogP contribution in [-0.4, -0.2) is 22.6 Å². The van der Waals surface area contributed by atoms with Crippen LogP contribution in [0.3, 0.4) is 0 Å². The molecule has 1 atom stereocenters. The molecule has 0 aliphatic carbocycles. The predicted octanol–water partition coefficient (Wildman–Crippen LogP) is 2.98. The Bertz CT molecular complexity index is 881. The van der Waals surface area contributed by atoms with Gasteiger partial charge in [0.15, 0.2) is 0 Å². The first kappa shape index (κ1) is 15.4. The van der Waals surface area contributed by atoms with Crippen LogP contribution in [0, 0.1) is 6.92 Å². The number of aryl methyl sites for hydroxylation is 1. The van der Waals surface area contributed by atoms with Crippen LogP contribution in [0.25, 0.3) is 22.3 Å². The predicted molar refractivity (Wildman–Crippen MR) is 94.7 cm³/mol. The van der Waals surface area contributed by atoms with Crippen molar-refractivity contribution in [1.29, 1.82) is 0 Å². The number of nitrogens with one attached hydrogen (secondary N) is 1. The van der Waals surface area contributed by atoms with Crippen molar-refractivity contribution >= 4 is 10.9 Å². The number of hydrogen-bond acceptors (Lipinski definition) is 3. The number of likely N-dealkylation sites (N-methyl/N-ethyl adjacent to an activating group) is 1. The molecule has 0 amide bonds. The first-order valence-electron chi connectivity index (χ1n) is 7.84. The topological polar surface area (TPSA) is 46.9 Å². The summed E-state index contributed by atoms with van der Waals surface area (Å²) in [5.74, 6) is 0.718. The lowest BCUT2D eigenvalue weighted by Crippen LogP contribution is -2.33. The Kier molecular flexibility index (Phi) is 4.26. The molecule has 0 saturated carbocycles. The fraction of sp³-hybridized carbons (Fsp3) is 0.263. The Morgan fingerprint density at radius 1 is 1.13 bits per heavy atom. The van der Waals surface area contributed by atoms with E-state index in [1.165, 1.54) is 5.56 Å². The second kappa shape index (κ2) is 6.34. The van der Waals surface area contributed by atoms with Gasteiger partial charge in [-0.05, 0) is 33.0 Å². The van der Waals surface area contributed by atoms with Gasteiger partial charge in [-0.1, -0.05) is 42.0 Å². The normalized spacial score (nSPS) is 12.5. The summed E-state index contributed by atoms with van der Waals surface area (Å²) in [6, 6.07) is 15.8. The van der Waals surface area contributed by atoms with Gasteiger partial charge < -0.3 is 5.32 Å². The highest BCUT2D eigenvalue weighted by Crippen LogP contribution is 2.19. The Hall–Kier alpha value is -2.46. The molecule has 0 aliphatic heterocycles. The third-order valence-corrected chi connectivity index (χ3v) is 4.12. The van der Waals surface area contributed by atoms with Crippen molar-refractivity contribution in [2.24, 2.45) is 0 Å². The molecule has 4 heteroatoms. The molecule has 1 N–H and O–H groups in total. The summed E-state index contributed by atoms with van der Waals surface area (Å²) in [6.07, 6.45) is 0. The van der Waals surface area contributed by atoms with Crippen molar-refractivity contribution < 1.29 is 0 Å². The number of rotatable bonds is 4. The summed E-state index contributed by atoms with van der Waals surface area (Å²) in [6.45, 7) is 4.69. The molecule has 0 saturated heterocycles. The number of nitrogens with zero attached hydrogens (tertiary/aromatic N) is 2. The fourth-order valence-corrected chi connectivity index (χ4v) is 2.63. The monoisotopic (exact) mass is 307 g/mol. The molecule has 23 heavy (non-hydrogen) atoms. The standard InChI is InChI=1S/C19H21N3O/c1-13-8-10-15(11-9-13)18-21-17-7-5-4-6-16(17)19(23)22(18)12-14(2)20-3/h4-11,14,20H,12H2,1-3H3. The quantitative estimate of drug-likeness (QED) is 0.806. The molecule has 0 radical (unpaired) electrons. The average molecular weight is 307 g/mol. The van der Waals surface area contributed by atoms with Gasteiger partial charge in [0.05, 0.1) is 10.9 Å². The molecule has 4 nitrogen and oxygen atoms in total. The van der Waals surface area contributed by atoms with Gasteiger partial charge in [-0.3, -0.25) is 9.36 Å². The van der Waals surface area contributed by atoms with E-state index in [0.29, 0.717) is 11.9 Å². The number of hydrogen-bond donors (Lipinski definition) is 1. The van der Waals surface area contributed by atoms with Crippen LogP contribution >= 0.6 is 0 Å². The molecular weight excluding hydrogens is 286 g/mol. The molecule has 1 aromatic heterocycles. The van der Waals surface area contributed by atoms with Gasteiger partial charge in [0, 0.05) is 18.2 Å². The number of aromatic nitrogens is 2. The van der Waals surface area contributed by atoms with Gasteiger partial charge >= 0.3 is 0 Å². The summed E-state index contributed by atoms with van der Waals surface area (Å²) in [7, 11) is 1.90. The Balaban J connectivity index is 2.27. The van der Waals surface area contributed by atoms with Gasteiger partial charge in [-0.15, -0.1) is 0 Å². The number of para-hydroxylation sites is 1. The van der Waals surface area contributed by atoms with Crippen LogP contribution in [0.4, 0.5) is 0 Å². The maximum Gasteiger partial charge on any atom is 0.261 e. The summed E-state index contributed by atoms with van der Waals surface area (Å²) in [5.41, 5.74) is 2.89. The molecule has 118 valence electrons. The van der Waals surface area contributed by atoms with Crippen molar-refractivity contribution in [3.8, 4) is 11.4 Å². The third-order valence-electron chi connectivity index (χ3n) is 4.12. The lowest BCUT2D eigenvalue weighted by molar-refractivity contribution is 0.507. The summed E-state index contributed by atoms with van der Waals surface area (Å²) >= 11 is 0. The van der Waals surface area contributed by atoms with E-state index in [1.807, 2.05) is 62.5 Å². The molecule has 0 fully saturated rings. The Labute approximate surface area is 135 Å². The highest BCUT2D eigenvalue weighted by atomic mass is 16.1. The van der Waals surface area contributed by atoms with E-state index in [9.17, 15) is 4.79 Å². The number of benzene rings is 2. The van der Waals surface area contributed by atoms with Crippen LogP contribution in [0.15, 0.2) is 53.3 Å². The van der Waals surface area contributed by atoms with Gasteiger partial charge in [0.25, 0.3) is 5.56 Å². The second-order valence-electron chi connectivity index (χ2n) is 5.92. The minimum Gasteiger partial charge on any atom is -0.315 e. The molecule has 0 spiro atoms. The van der Waals surface area contributed by atoms with Crippen LogP contribution in [0.1, 0.15) is 12.5 Å². The zero-order chi connectivity index (χ0) is 16.4. The SMILES string of the molecule is CNC(C)Cn1c(-c2ccc(C)cc2)nc2ccccc2c1=O. The van der Waals surface area contributed by atoms with Crippen LogP contribution in [0.2, 0.25) is 0 Å². The van der Waals surface area contributed by atoms with E-state index in [2.05, 4.69) is 12.2 Å². The maximum absolute atomic E-state index is 12.9. The van der Waals surface area contributed by atoms with Crippen LogP contribution in [0.5, 0.6) is 0 Å². The van der Waals surface area contributed by atoms with Crippen molar-refractivity contribution in [2.75, 3.05) is 7.05 Å². The minimum atomic E-state index is 0.00766. The van der Waals surface area contributed by atoms with Crippen molar-refractivity contribution in [1.82, 2.24) is 14.9 Å². The van der Waals surface area contributed by atoms with E-state index in [-0.39, 0.29) is 11.6 Å². The van der Waals surface area contributed by atoms with Crippen molar-refractivity contribution in [3.05, 3.63) is 64.4 Å². The molecule has 3 rings (SSSR count). The zero-order valence-corrected chi connectivity index (χ0v) is 13.7. The first-order valence-corrected chi connectivity index (χ1v) is 7.84. The number of fused-ring (bicyclic) bond motifs is 1. The molecular formula is C19H21N3O.